The number of nitrogens with one attached hydrogen (secondary N) is 1. The predicted octanol–water partition coefficient (Wildman–Crippen LogP) is 5.09. The van der Waals surface area contributed by atoms with Crippen molar-refractivity contribution in [1.29, 1.82) is 0 Å². The zero-order valence-corrected chi connectivity index (χ0v) is 35.7. The monoisotopic (exact) mass is 911 g/mol. The van der Waals surface area contributed by atoms with E-state index < -0.39 is 109 Å². The Hall–Kier alpha value is -4.07. The van der Waals surface area contributed by atoms with Crippen molar-refractivity contribution in [2.75, 3.05) is 19.8 Å². The molecule has 3 aromatic carbocycles. The number of esters is 3. The second-order valence-electron chi connectivity index (χ2n) is 14.0. The van der Waals surface area contributed by atoms with Gasteiger partial charge in [-0.1, -0.05) is 126 Å². The number of amides is 1. The number of alkyl halides is 3. The second-order valence-corrected chi connectivity index (χ2v) is 16.6. The molecule has 0 unspecified atom stereocenters. The average molecular weight is 913 g/mol. The number of rotatable bonds is 18. The number of halogens is 3. The van der Waals surface area contributed by atoms with Crippen LogP contribution < -0.4 is 5.32 Å². The highest BCUT2D eigenvalue weighted by atomic mass is 35.6. The van der Waals surface area contributed by atoms with Crippen molar-refractivity contribution < 1.29 is 71.7 Å². The van der Waals surface area contributed by atoms with Crippen LogP contribution in [0.3, 0.4) is 0 Å². The Morgan fingerprint density at radius 2 is 1.07 bits per heavy atom. The molecular weight excluding hydrogens is 865 g/mol. The van der Waals surface area contributed by atoms with Gasteiger partial charge in [-0.15, -0.1) is 0 Å². The lowest BCUT2D eigenvalue weighted by molar-refractivity contribution is -0.330. The maximum atomic E-state index is 13.2. The highest BCUT2D eigenvalue weighted by Gasteiger charge is 2.53. The van der Waals surface area contributed by atoms with Crippen LogP contribution in [0.5, 0.6) is 0 Å². The Kier molecular flexibility index (Phi) is 18.4. The van der Waals surface area contributed by atoms with Crippen LogP contribution in [0.15, 0.2) is 91.0 Å². The topological polar surface area (TPSA) is 193 Å². The van der Waals surface area contributed by atoms with Crippen molar-refractivity contribution in [2.45, 2.75) is 106 Å². The third kappa shape index (κ3) is 15.4. The molecular formula is C42H48Cl3NO15. The Labute approximate surface area is 367 Å². The van der Waals surface area contributed by atoms with Gasteiger partial charge in [-0.3, -0.25) is 14.4 Å². The molecule has 332 valence electrons. The van der Waals surface area contributed by atoms with Crippen LogP contribution in [-0.2, 0) is 81.6 Å². The fourth-order valence-electron chi connectivity index (χ4n) is 6.61. The van der Waals surface area contributed by atoms with Gasteiger partial charge in [0.15, 0.2) is 24.8 Å². The van der Waals surface area contributed by atoms with Gasteiger partial charge in [0.05, 0.1) is 26.4 Å². The minimum absolute atomic E-state index is 0.0836. The van der Waals surface area contributed by atoms with Gasteiger partial charge in [0, 0.05) is 20.8 Å². The first-order valence-corrected chi connectivity index (χ1v) is 20.3. The maximum absolute atomic E-state index is 13.2. The van der Waals surface area contributed by atoms with Crippen molar-refractivity contribution in [3.63, 3.8) is 0 Å². The van der Waals surface area contributed by atoms with Crippen molar-refractivity contribution in [1.82, 2.24) is 5.32 Å². The Morgan fingerprint density at radius 3 is 1.56 bits per heavy atom. The molecule has 0 spiro atoms. The first-order valence-electron chi connectivity index (χ1n) is 19.2. The minimum atomic E-state index is -1.99. The highest BCUT2D eigenvalue weighted by molar-refractivity contribution is 6.67. The van der Waals surface area contributed by atoms with Crippen LogP contribution in [0.1, 0.15) is 37.5 Å². The first-order chi connectivity index (χ1) is 29.2. The summed E-state index contributed by atoms with van der Waals surface area (Å²) in [7, 11) is 0. The third-order valence-electron chi connectivity index (χ3n) is 9.24. The number of hydrogen-bond acceptors (Lipinski definition) is 15. The third-order valence-corrected chi connectivity index (χ3v) is 9.57. The molecule has 3 aromatic rings. The van der Waals surface area contributed by atoms with Crippen LogP contribution >= 0.6 is 34.8 Å². The zero-order valence-electron chi connectivity index (χ0n) is 33.5. The smallest absolute Gasteiger partial charge is 0.407 e. The van der Waals surface area contributed by atoms with Gasteiger partial charge in [0.25, 0.3) is 0 Å². The number of carbonyl (C=O) groups is 4. The zero-order chi connectivity index (χ0) is 43.9. The summed E-state index contributed by atoms with van der Waals surface area (Å²) in [6.45, 7) is 2.03. The molecule has 2 fully saturated rings. The van der Waals surface area contributed by atoms with Crippen LogP contribution in [0.25, 0.3) is 0 Å². The summed E-state index contributed by atoms with van der Waals surface area (Å²) in [4.78, 5) is 50.0. The highest BCUT2D eigenvalue weighted by Crippen LogP contribution is 2.33. The molecule has 0 aliphatic carbocycles. The van der Waals surface area contributed by atoms with Gasteiger partial charge in [-0.25, -0.2) is 4.79 Å². The lowest BCUT2D eigenvalue weighted by atomic mass is 9.95. The van der Waals surface area contributed by atoms with Crippen LogP contribution in [0.4, 0.5) is 4.79 Å². The molecule has 16 nitrogen and oxygen atoms in total. The van der Waals surface area contributed by atoms with E-state index in [1.54, 1.807) is 0 Å². The molecule has 10 atom stereocenters. The van der Waals surface area contributed by atoms with Crippen molar-refractivity contribution in [3.8, 4) is 0 Å². The molecule has 2 heterocycles. The fourth-order valence-corrected chi connectivity index (χ4v) is 6.77. The summed E-state index contributed by atoms with van der Waals surface area (Å²) in [5.41, 5.74) is 2.49. The minimum Gasteiger partial charge on any atom is -0.463 e. The normalized spacial score (nSPS) is 26.4. The molecule has 0 aromatic heterocycles. The van der Waals surface area contributed by atoms with Gasteiger partial charge in [-0.2, -0.15) is 0 Å². The number of benzene rings is 3. The molecule has 61 heavy (non-hydrogen) atoms. The molecule has 2 N–H and O–H groups in total. The van der Waals surface area contributed by atoms with Gasteiger partial charge < -0.3 is 57.8 Å². The van der Waals surface area contributed by atoms with Crippen molar-refractivity contribution >= 4 is 58.8 Å². The molecule has 0 bridgehead atoms. The quantitative estimate of drug-likeness (QED) is 0.0973. The van der Waals surface area contributed by atoms with Crippen LogP contribution in [0.2, 0.25) is 0 Å². The van der Waals surface area contributed by atoms with Gasteiger partial charge in [0.1, 0.15) is 49.8 Å². The van der Waals surface area contributed by atoms with E-state index in [0.29, 0.717) is 0 Å². The number of carbonyl (C=O) groups excluding carboxylic acids is 4. The van der Waals surface area contributed by atoms with E-state index in [0.717, 1.165) is 37.5 Å². The van der Waals surface area contributed by atoms with E-state index in [1.807, 2.05) is 91.0 Å². The van der Waals surface area contributed by atoms with Crippen LogP contribution in [0, 0.1) is 0 Å². The number of aliphatic hydroxyl groups is 1. The summed E-state index contributed by atoms with van der Waals surface area (Å²) >= 11 is 17.4. The van der Waals surface area contributed by atoms with Crippen LogP contribution in [-0.4, -0.2) is 114 Å². The summed E-state index contributed by atoms with van der Waals surface area (Å²) in [5, 5.41) is 14.1. The van der Waals surface area contributed by atoms with E-state index in [9.17, 15) is 24.3 Å². The number of ether oxygens (including phenoxy) is 10. The summed E-state index contributed by atoms with van der Waals surface area (Å²) in [6.07, 6.45) is -12.8. The number of aliphatic hydroxyl groups excluding tert-OH is 1. The fraction of sp³-hybridized carbons (Fsp3) is 0.476. The van der Waals surface area contributed by atoms with Crippen molar-refractivity contribution in [3.05, 3.63) is 108 Å². The van der Waals surface area contributed by atoms with Gasteiger partial charge in [-0.05, 0) is 16.7 Å². The average Bonchev–Trinajstić information content (AvgIpc) is 3.22. The first kappa shape index (κ1) is 48.0. The Balaban J connectivity index is 1.48. The number of hydrogen-bond donors (Lipinski definition) is 2. The van der Waals surface area contributed by atoms with E-state index in [1.165, 1.54) is 0 Å². The molecule has 0 radical (unpaired) electrons. The lowest BCUT2D eigenvalue weighted by Gasteiger charge is -2.47. The summed E-state index contributed by atoms with van der Waals surface area (Å²) in [5.74, 6) is -2.36. The van der Waals surface area contributed by atoms with Crippen molar-refractivity contribution in [2.24, 2.45) is 0 Å². The standard InChI is InChI=1S/C42H48Cl3NO15/c1-25(47)52-22-32-35(58-26(2)48)36(59-27(3)49)33(46-41(51)57-24-42(43,44)45)40(61-32)56-23-31-34(53-19-28-13-7-4-8-14-28)37(54-20-29-15-9-5-10-16-29)38(39(50)60-31)55-21-30-17-11-6-12-18-30/h4-18,31-40,50H,19-24H2,1-3H3,(H,46,51)/t31-,32-,33-,34-,35-,36-,37+,38-,39+,40-/m1/s1. The van der Waals surface area contributed by atoms with E-state index in [2.05, 4.69) is 5.32 Å². The van der Waals surface area contributed by atoms with Gasteiger partial charge in [0.2, 0.25) is 3.79 Å². The molecule has 0 saturated carbocycles. The molecule has 1 amide bonds. The van der Waals surface area contributed by atoms with E-state index in [4.69, 9.17) is 82.2 Å². The summed E-state index contributed by atoms with van der Waals surface area (Å²) < 4.78 is 57.6. The predicted molar refractivity (Wildman–Crippen MR) is 217 cm³/mol. The largest absolute Gasteiger partial charge is 0.463 e. The Morgan fingerprint density at radius 1 is 0.590 bits per heavy atom. The Bertz CT molecular complexity index is 1840. The SMILES string of the molecule is CC(=O)OC[C@H]1O[C@@H](OC[C@H]2O[C@H](O)[C@H](OCc3ccccc3)[C@@H](OCc3ccccc3)[C@@H]2OCc2ccccc2)[C@H](NC(=O)OCC(Cl)(Cl)Cl)[C@@H](OC(C)=O)[C@@H]1OC(C)=O. The lowest BCUT2D eigenvalue weighted by Crippen LogP contribution is -2.67. The summed E-state index contributed by atoms with van der Waals surface area (Å²) in [6, 6.07) is 26.6. The molecule has 2 aliphatic heterocycles. The van der Waals surface area contributed by atoms with E-state index in [-0.39, 0.29) is 19.8 Å². The molecule has 2 saturated heterocycles. The molecule has 19 heteroatoms. The van der Waals surface area contributed by atoms with Gasteiger partial charge >= 0.3 is 24.0 Å². The van der Waals surface area contributed by atoms with E-state index >= 15 is 0 Å². The molecule has 2 aliphatic rings. The number of alkyl carbamates (subject to hydrolysis) is 1. The molecule has 5 rings (SSSR count). The maximum Gasteiger partial charge on any atom is 0.407 e. The second kappa shape index (κ2) is 23.4.